The van der Waals surface area contributed by atoms with Crippen molar-refractivity contribution in [1.29, 1.82) is 0 Å². The summed E-state index contributed by atoms with van der Waals surface area (Å²) >= 11 is 5.90. The maximum Gasteiger partial charge on any atom is 0.413 e. The first kappa shape index (κ1) is 16.7. The van der Waals surface area contributed by atoms with E-state index in [1.165, 1.54) is 6.08 Å². The second-order valence-electron chi connectivity index (χ2n) is 3.73. The van der Waals surface area contributed by atoms with Crippen molar-refractivity contribution in [2.24, 2.45) is 0 Å². The molecular formula is C14H14ClNO5. The number of amides is 2. The van der Waals surface area contributed by atoms with Crippen LogP contribution in [0.25, 0.3) is 6.08 Å². The van der Waals surface area contributed by atoms with Crippen molar-refractivity contribution in [3.63, 3.8) is 0 Å². The van der Waals surface area contributed by atoms with Crippen LogP contribution >= 0.6 is 11.6 Å². The molecule has 0 radical (unpaired) electrons. The summed E-state index contributed by atoms with van der Waals surface area (Å²) in [7, 11) is 0. The molecule has 0 saturated carbocycles. The van der Waals surface area contributed by atoms with Crippen LogP contribution in [0.4, 0.5) is 4.79 Å². The first-order valence-electron chi connectivity index (χ1n) is 6.09. The molecule has 0 aliphatic rings. The molecule has 112 valence electrons. The van der Waals surface area contributed by atoms with Gasteiger partial charge in [0, 0.05) is 11.1 Å². The topological polar surface area (TPSA) is 81.7 Å². The number of hydrogen-bond acceptors (Lipinski definition) is 5. The molecule has 0 heterocycles. The molecule has 2 amide bonds. The molecule has 0 atom stereocenters. The van der Waals surface area contributed by atoms with Gasteiger partial charge < -0.3 is 9.47 Å². The van der Waals surface area contributed by atoms with Gasteiger partial charge in [-0.3, -0.25) is 10.1 Å². The fourth-order valence-corrected chi connectivity index (χ4v) is 1.47. The van der Waals surface area contributed by atoms with Gasteiger partial charge in [0.25, 0.3) is 5.91 Å². The normalized spacial score (nSPS) is 10.2. The second kappa shape index (κ2) is 8.76. The first-order valence-corrected chi connectivity index (χ1v) is 6.46. The van der Waals surface area contributed by atoms with E-state index in [1.807, 2.05) is 5.32 Å². The number of benzene rings is 1. The van der Waals surface area contributed by atoms with Gasteiger partial charge in [-0.1, -0.05) is 29.8 Å². The zero-order valence-electron chi connectivity index (χ0n) is 11.3. The molecule has 0 aromatic heterocycles. The van der Waals surface area contributed by atoms with Gasteiger partial charge in [-0.2, -0.15) is 0 Å². The number of rotatable bonds is 5. The number of imide groups is 1. The number of hydrogen-bond donors (Lipinski definition) is 1. The van der Waals surface area contributed by atoms with Gasteiger partial charge in [0.1, 0.15) is 0 Å². The van der Waals surface area contributed by atoms with E-state index in [0.29, 0.717) is 10.6 Å². The Morgan fingerprint density at radius 1 is 1.24 bits per heavy atom. The third-order valence-electron chi connectivity index (χ3n) is 2.17. The minimum atomic E-state index is -0.884. The minimum Gasteiger partial charge on any atom is -0.452 e. The zero-order chi connectivity index (χ0) is 15.7. The van der Waals surface area contributed by atoms with Gasteiger partial charge in [0.2, 0.25) is 0 Å². The molecule has 21 heavy (non-hydrogen) atoms. The lowest BCUT2D eigenvalue weighted by Crippen LogP contribution is -2.34. The maximum absolute atomic E-state index is 11.4. The average Bonchev–Trinajstić information content (AvgIpc) is 2.44. The molecule has 0 saturated heterocycles. The summed E-state index contributed by atoms with van der Waals surface area (Å²) in [5.74, 6) is -1.50. The van der Waals surface area contributed by atoms with Crippen LogP contribution in [0.5, 0.6) is 0 Å². The van der Waals surface area contributed by atoms with Gasteiger partial charge in [-0.25, -0.2) is 9.59 Å². The number of halogens is 1. The van der Waals surface area contributed by atoms with E-state index in [1.54, 1.807) is 31.2 Å². The van der Waals surface area contributed by atoms with E-state index in [-0.39, 0.29) is 6.61 Å². The molecule has 1 rings (SSSR count). The van der Waals surface area contributed by atoms with Crippen molar-refractivity contribution < 1.29 is 23.9 Å². The molecular weight excluding hydrogens is 298 g/mol. The maximum atomic E-state index is 11.4. The van der Waals surface area contributed by atoms with Crippen molar-refractivity contribution in [2.45, 2.75) is 6.92 Å². The Hall–Kier alpha value is -2.34. The third kappa shape index (κ3) is 6.58. The van der Waals surface area contributed by atoms with Crippen molar-refractivity contribution in [3.8, 4) is 0 Å². The number of carbonyl (C=O) groups excluding carboxylic acids is 3. The second-order valence-corrected chi connectivity index (χ2v) is 4.14. The molecule has 1 aromatic carbocycles. The summed E-state index contributed by atoms with van der Waals surface area (Å²) in [4.78, 5) is 33.5. The van der Waals surface area contributed by atoms with E-state index in [2.05, 4.69) is 9.47 Å². The average molecular weight is 312 g/mol. The standard InChI is InChI=1S/C14H14ClNO5/c1-2-20-14(19)16-12(17)9-21-13(18)8-7-10-5-3-4-6-11(10)15/h3-8H,2,9H2,1H3,(H,16,17,19)/b8-7+. The monoisotopic (exact) mass is 311 g/mol. The van der Waals surface area contributed by atoms with Crippen molar-refractivity contribution in [2.75, 3.05) is 13.2 Å². The molecule has 1 aromatic rings. The smallest absolute Gasteiger partial charge is 0.413 e. The van der Waals surface area contributed by atoms with Crippen LogP contribution in [0, 0.1) is 0 Å². The van der Waals surface area contributed by atoms with Gasteiger partial charge in [0.15, 0.2) is 6.61 Å². The predicted molar refractivity (Wildman–Crippen MR) is 76.6 cm³/mol. The minimum absolute atomic E-state index is 0.138. The molecule has 0 spiro atoms. The Morgan fingerprint density at radius 2 is 1.95 bits per heavy atom. The van der Waals surface area contributed by atoms with E-state index < -0.39 is 24.6 Å². The van der Waals surface area contributed by atoms with Crippen molar-refractivity contribution in [3.05, 3.63) is 40.9 Å². The fraction of sp³-hybridized carbons (Fsp3) is 0.214. The largest absolute Gasteiger partial charge is 0.452 e. The summed E-state index contributed by atoms with van der Waals surface area (Å²) in [6, 6.07) is 6.93. The number of carbonyl (C=O) groups is 3. The van der Waals surface area contributed by atoms with Crippen LogP contribution < -0.4 is 5.32 Å². The van der Waals surface area contributed by atoms with Gasteiger partial charge in [-0.05, 0) is 24.6 Å². The molecule has 0 unspecified atom stereocenters. The molecule has 0 aliphatic heterocycles. The lowest BCUT2D eigenvalue weighted by Gasteiger charge is -2.04. The third-order valence-corrected chi connectivity index (χ3v) is 2.51. The molecule has 7 heteroatoms. The lowest BCUT2D eigenvalue weighted by atomic mass is 10.2. The van der Waals surface area contributed by atoms with E-state index in [4.69, 9.17) is 11.6 Å². The van der Waals surface area contributed by atoms with Crippen LogP contribution in [-0.4, -0.2) is 31.2 Å². The summed E-state index contributed by atoms with van der Waals surface area (Å²) in [5.41, 5.74) is 0.645. The van der Waals surface area contributed by atoms with E-state index >= 15 is 0 Å². The van der Waals surface area contributed by atoms with Crippen molar-refractivity contribution >= 4 is 35.6 Å². The Balaban J connectivity index is 2.39. The van der Waals surface area contributed by atoms with Crippen molar-refractivity contribution in [1.82, 2.24) is 5.32 Å². The Morgan fingerprint density at radius 3 is 2.62 bits per heavy atom. The highest BCUT2D eigenvalue weighted by Gasteiger charge is 2.09. The zero-order valence-corrected chi connectivity index (χ0v) is 12.1. The quantitative estimate of drug-likeness (QED) is 0.665. The summed E-state index contributed by atoms with van der Waals surface area (Å²) in [6.45, 7) is 1.16. The van der Waals surface area contributed by atoms with Crippen LogP contribution in [0.3, 0.4) is 0 Å². The molecule has 0 aliphatic carbocycles. The SMILES string of the molecule is CCOC(=O)NC(=O)COC(=O)/C=C/c1ccccc1Cl. The summed E-state index contributed by atoms with van der Waals surface area (Å²) in [5, 5.41) is 2.38. The number of ether oxygens (including phenoxy) is 2. The number of alkyl carbamates (subject to hydrolysis) is 1. The number of esters is 1. The molecule has 6 nitrogen and oxygen atoms in total. The van der Waals surface area contributed by atoms with Gasteiger partial charge >= 0.3 is 12.1 Å². The highest BCUT2D eigenvalue weighted by Crippen LogP contribution is 2.16. The molecule has 1 N–H and O–H groups in total. The molecule has 0 bridgehead atoms. The lowest BCUT2D eigenvalue weighted by molar-refractivity contribution is -0.143. The van der Waals surface area contributed by atoms with Gasteiger partial charge in [0.05, 0.1) is 6.61 Å². The van der Waals surface area contributed by atoms with Crippen LogP contribution in [0.1, 0.15) is 12.5 Å². The molecule has 0 fully saturated rings. The van der Waals surface area contributed by atoms with E-state index in [0.717, 1.165) is 6.08 Å². The van der Waals surface area contributed by atoms with Gasteiger partial charge in [-0.15, -0.1) is 0 Å². The van der Waals surface area contributed by atoms with Crippen LogP contribution in [0.15, 0.2) is 30.3 Å². The Labute approximate surface area is 126 Å². The first-order chi connectivity index (χ1) is 10.0. The number of nitrogens with one attached hydrogen (secondary N) is 1. The predicted octanol–water partition coefficient (Wildman–Crippen LogP) is 2.17. The van der Waals surface area contributed by atoms with Crippen LogP contribution in [-0.2, 0) is 19.1 Å². The Bertz CT molecular complexity index is 556. The van der Waals surface area contributed by atoms with Crippen LogP contribution in [0.2, 0.25) is 5.02 Å². The fourth-order valence-electron chi connectivity index (χ4n) is 1.27. The summed E-state index contributed by atoms with van der Waals surface area (Å²) < 4.78 is 9.15. The summed E-state index contributed by atoms with van der Waals surface area (Å²) in [6.07, 6.45) is 1.72. The van der Waals surface area contributed by atoms with E-state index in [9.17, 15) is 14.4 Å². The Kier molecular flexibility index (Phi) is 6.97. The highest BCUT2D eigenvalue weighted by molar-refractivity contribution is 6.32. The highest BCUT2D eigenvalue weighted by atomic mass is 35.5.